The smallest absolute Gasteiger partial charge is 0.222 e. The van der Waals surface area contributed by atoms with Crippen LogP contribution < -0.4 is 0 Å². The van der Waals surface area contributed by atoms with Gasteiger partial charge in [0.15, 0.2) is 0 Å². The number of aryl methyl sites for hydroxylation is 2. The van der Waals surface area contributed by atoms with Gasteiger partial charge in [-0.05, 0) is 48.8 Å². The molecular weight excluding hydrogens is 262 g/mol. The highest BCUT2D eigenvalue weighted by Gasteiger charge is 2.26. The van der Waals surface area contributed by atoms with Crippen LogP contribution in [0.2, 0.25) is 5.28 Å². The van der Waals surface area contributed by atoms with Crippen LogP contribution >= 0.6 is 11.6 Å². The topological polar surface area (TPSA) is 56.5 Å². The summed E-state index contributed by atoms with van der Waals surface area (Å²) >= 11 is 5.92. The Morgan fingerprint density at radius 2 is 2.16 bits per heavy atom. The molecule has 1 fully saturated rings. The first-order chi connectivity index (χ1) is 9.19. The van der Waals surface area contributed by atoms with E-state index < -0.39 is 0 Å². The van der Waals surface area contributed by atoms with Crippen molar-refractivity contribution in [2.45, 2.75) is 32.6 Å². The summed E-state index contributed by atoms with van der Waals surface area (Å²) in [6.07, 6.45) is 6.25. The van der Waals surface area contributed by atoms with Crippen molar-refractivity contribution in [2.24, 2.45) is 13.0 Å². The van der Waals surface area contributed by atoms with Crippen LogP contribution in [0.3, 0.4) is 0 Å². The molecule has 0 bridgehead atoms. The Bertz CT molecular complexity index is 603. The summed E-state index contributed by atoms with van der Waals surface area (Å²) in [7, 11) is 1.93. The maximum Gasteiger partial charge on any atom is 0.222 e. The van der Waals surface area contributed by atoms with Crippen LogP contribution in [0.1, 0.15) is 31.0 Å². The van der Waals surface area contributed by atoms with Crippen LogP contribution in [0.5, 0.6) is 0 Å². The minimum absolute atomic E-state index is 0.259. The third-order valence-corrected chi connectivity index (χ3v) is 3.74. The lowest BCUT2D eigenvalue weighted by Crippen LogP contribution is -2.02. The molecule has 0 aliphatic heterocycles. The minimum Gasteiger partial charge on any atom is -0.252 e. The monoisotopic (exact) mass is 277 g/mol. The first kappa shape index (κ1) is 12.5. The molecule has 3 rings (SSSR count). The predicted octanol–water partition coefficient (Wildman–Crippen LogP) is 2.44. The normalized spacial score (nSPS) is 14.9. The number of rotatable bonds is 4. The van der Waals surface area contributed by atoms with Crippen molar-refractivity contribution in [2.75, 3.05) is 0 Å². The highest BCUT2D eigenvalue weighted by atomic mass is 35.5. The zero-order chi connectivity index (χ0) is 13.4. The summed E-state index contributed by atoms with van der Waals surface area (Å²) in [4.78, 5) is 8.40. The molecule has 1 aliphatic rings. The van der Waals surface area contributed by atoms with E-state index in [1.54, 1.807) is 6.20 Å². The van der Waals surface area contributed by atoms with E-state index >= 15 is 0 Å². The average molecular weight is 278 g/mol. The van der Waals surface area contributed by atoms with E-state index in [-0.39, 0.29) is 5.28 Å². The molecule has 0 unspecified atom stereocenters. The molecule has 5 nitrogen and oxygen atoms in total. The molecular formula is C13H16ClN5. The zero-order valence-electron chi connectivity index (χ0n) is 11.1. The molecule has 19 heavy (non-hydrogen) atoms. The van der Waals surface area contributed by atoms with E-state index in [1.807, 2.05) is 11.7 Å². The van der Waals surface area contributed by atoms with Crippen molar-refractivity contribution < 1.29 is 0 Å². The van der Waals surface area contributed by atoms with Gasteiger partial charge in [-0.3, -0.25) is 4.68 Å². The van der Waals surface area contributed by atoms with Crippen LogP contribution in [0, 0.1) is 5.92 Å². The van der Waals surface area contributed by atoms with Gasteiger partial charge in [-0.25, -0.2) is 9.97 Å². The predicted molar refractivity (Wildman–Crippen MR) is 72.8 cm³/mol. The molecule has 6 heteroatoms. The summed E-state index contributed by atoms with van der Waals surface area (Å²) < 4.78 is 1.85. The second kappa shape index (κ2) is 4.89. The summed E-state index contributed by atoms with van der Waals surface area (Å²) in [5, 5.41) is 8.68. The first-order valence-corrected chi connectivity index (χ1v) is 6.97. The minimum atomic E-state index is 0.259. The lowest BCUT2D eigenvalue weighted by molar-refractivity contribution is 0.655. The Morgan fingerprint density at radius 1 is 1.37 bits per heavy atom. The summed E-state index contributed by atoms with van der Waals surface area (Å²) in [6.45, 7) is 2.08. The maximum atomic E-state index is 5.92. The Hall–Kier alpha value is -1.49. The summed E-state index contributed by atoms with van der Waals surface area (Å²) in [5.41, 5.74) is 3.88. The van der Waals surface area contributed by atoms with E-state index in [9.17, 15) is 0 Å². The zero-order valence-corrected chi connectivity index (χ0v) is 11.9. The van der Waals surface area contributed by atoms with Crippen LogP contribution in [0.15, 0.2) is 6.20 Å². The van der Waals surface area contributed by atoms with Crippen LogP contribution in [0.25, 0.3) is 11.4 Å². The van der Waals surface area contributed by atoms with Gasteiger partial charge < -0.3 is 0 Å². The van der Waals surface area contributed by atoms with Gasteiger partial charge in [0, 0.05) is 13.2 Å². The Morgan fingerprint density at radius 3 is 2.84 bits per heavy atom. The molecule has 2 aromatic rings. The van der Waals surface area contributed by atoms with Gasteiger partial charge in [-0.15, -0.1) is 5.10 Å². The highest BCUT2D eigenvalue weighted by molar-refractivity contribution is 6.28. The van der Waals surface area contributed by atoms with Gasteiger partial charge in [-0.1, -0.05) is 12.1 Å². The average Bonchev–Trinajstić information content (AvgIpc) is 3.14. The Kier molecular flexibility index (Phi) is 3.22. The maximum absolute atomic E-state index is 5.92. The standard InChI is InChI=1S/C13H16ClN5/c1-3-9-7-15-13(14)16-11(9)12-10(6-8-4-5-8)19(2)18-17-12/h7-8H,3-6H2,1-2H3. The molecule has 0 amide bonds. The van der Waals surface area contributed by atoms with Crippen LogP contribution in [-0.2, 0) is 19.9 Å². The number of aromatic nitrogens is 5. The number of halogens is 1. The van der Waals surface area contributed by atoms with Crippen molar-refractivity contribution in [3.05, 3.63) is 22.7 Å². The van der Waals surface area contributed by atoms with Gasteiger partial charge in [-0.2, -0.15) is 0 Å². The fraction of sp³-hybridized carbons (Fsp3) is 0.538. The quantitative estimate of drug-likeness (QED) is 0.806. The largest absolute Gasteiger partial charge is 0.252 e. The van der Waals surface area contributed by atoms with E-state index in [0.29, 0.717) is 0 Å². The molecule has 0 atom stereocenters. The van der Waals surface area contributed by atoms with E-state index in [0.717, 1.165) is 41.4 Å². The molecule has 0 aromatic carbocycles. The fourth-order valence-corrected chi connectivity index (χ4v) is 2.37. The van der Waals surface area contributed by atoms with Crippen molar-refractivity contribution in [1.29, 1.82) is 0 Å². The van der Waals surface area contributed by atoms with Crippen LogP contribution in [0.4, 0.5) is 0 Å². The molecule has 1 saturated carbocycles. The van der Waals surface area contributed by atoms with Gasteiger partial charge in [0.25, 0.3) is 0 Å². The highest BCUT2D eigenvalue weighted by Crippen LogP contribution is 2.35. The summed E-state index contributed by atoms with van der Waals surface area (Å²) in [6, 6.07) is 0. The van der Waals surface area contributed by atoms with Gasteiger partial charge >= 0.3 is 0 Å². The number of hydrogen-bond acceptors (Lipinski definition) is 4. The number of nitrogens with zero attached hydrogens (tertiary/aromatic N) is 5. The first-order valence-electron chi connectivity index (χ1n) is 6.59. The fourth-order valence-electron chi connectivity index (χ4n) is 2.23. The SMILES string of the molecule is CCc1cnc(Cl)nc1-c1nnn(C)c1CC1CC1. The van der Waals surface area contributed by atoms with Crippen molar-refractivity contribution in [3.8, 4) is 11.4 Å². The molecule has 0 spiro atoms. The van der Waals surface area contributed by atoms with Crippen LogP contribution in [-0.4, -0.2) is 25.0 Å². The molecule has 2 heterocycles. The lowest BCUT2D eigenvalue weighted by atomic mass is 10.1. The van der Waals surface area contributed by atoms with Gasteiger partial charge in [0.05, 0.1) is 5.69 Å². The van der Waals surface area contributed by atoms with E-state index in [2.05, 4.69) is 27.2 Å². The molecule has 0 radical (unpaired) electrons. The second-order valence-electron chi connectivity index (χ2n) is 5.02. The number of hydrogen-bond donors (Lipinski definition) is 0. The second-order valence-corrected chi connectivity index (χ2v) is 5.36. The van der Waals surface area contributed by atoms with E-state index in [1.165, 1.54) is 12.8 Å². The molecule has 2 aromatic heterocycles. The van der Waals surface area contributed by atoms with Gasteiger partial charge in [0.1, 0.15) is 11.4 Å². The van der Waals surface area contributed by atoms with Gasteiger partial charge in [0.2, 0.25) is 5.28 Å². The molecule has 100 valence electrons. The third kappa shape index (κ3) is 2.47. The third-order valence-electron chi connectivity index (χ3n) is 3.56. The van der Waals surface area contributed by atoms with Crippen molar-refractivity contribution >= 4 is 11.6 Å². The van der Waals surface area contributed by atoms with Crippen molar-refractivity contribution in [3.63, 3.8) is 0 Å². The van der Waals surface area contributed by atoms with E-state index in [4.69, 9.17) is 11.6 Å². The molecule has 0 saturated heterocycles. The Balaban J connectivity index is 2.07. The van der Waals surface area contributed by atoms with Crippen molar-refractivity contribution in [1.82, 2.24) is 25.0 Å². The molecule has 0 N–H and O–H groups in total. The molecule has 1 aliphatic carbocycles. The lowest BCUT2D eigenvalue weighted by Gasteiger charge is -2.07. The summed E-state index contributed by atoms with van der Waals surface area (Å²) in [5.74, 6) is 0.776. The Labute approximate surface area is 117 Å².